The van der Waals surface area contributed by atoms with Gasteiger partial charge in [-0.2, -0.15) is 13.2 Å². The van der Waals surface area contributed by atoms with Gasteiger partial charge in [-0.15, -0.1) is 11.3 Å². The number of halogens is 3. The first-order chi connectivity index (χ1) is 15.6. The highest BCUT2D eigenvalue weighted by atomic mass is 32.1. The predicted octanol–water partition coefficient (Wildman–Crippen LogP) is 7.06. The third-order valence-corrected chi connectivity index (χ3v) is 7.57. The molecule has 0 N–H and O–H groups in total. The van der Waals surface area contributed by atoms with Gasteiger partial charge in [-0.1, -0.05) is 38.1 Å². The van der Waals surface area contributed by atoms with Crippen molar-refractivity contribution >= 4 is 33.2 Å². The number of esters is 1. The molecule has 0 amide bonds. The highest BCUT2D eigenvalue weighted by Gasteiger charge is 2.33. The first-order valence-electron chi connectivity index (χ1n) is 11.0. The van der Waals surface area contributed by atoms with Crippen molar-refractivity contribution in [3.8, 4) is 0 Å². The van der Waals surface area contributed by atoms with Crippen LogP contribution in [0.15, 0.2) is 36.4 Å². The Labute approximate surface area is 194 Å². The van der Waals surface area contributed by atoms with Crippen molar-refractivity contribution in [1.29, 1.82) is 0 Å². The largest absolute Gasteiger partial charge is 0.469 e. The van der Waals surface area contributed by atoms with Gasteiger partial charge in [-0.25, -0.2) is 0 Å². The van der Waals surface area contributed by atoms with Crippen LogP contribution in [0.4, 0.5) is 13.2 Å². The molecular weight excluding hydrogens is 449 g/mol. The predicted molar refractivity (Wildman–Crippen MR) is 123 cm³/mol. The van der Waals surface area contributed by atoms with Gasteiger partial charge in [0.2, 0.25) is 0 Å². The van der Waals surface area contributed by atoms with Crippen LogP contribution in [0, 0.1) is 0 Å². The quantitative estimate of drug-likeness (QED) is 0.284. The number of ether oxygens (including phenoxy) is 1. The average Bonchev–Trinajstić information content (AvgIpc) is 3.36. The van der Waals surface area contributed by atoms with E-state index in [2.05, 4.69) is 0 Å². The van der Waals surface area contributed by atoms with Gasteiger partial charge < -0.3 is 4.74 Å². The molecule has 0 radical (unpaired) electrons. The molecule has 7 heteroatoms. The van der Waals surface area contributed by atoms with Gasteiger partial charge in [-0.3, -0.25) is 9.59 Å². The molecule has 1 aromatic heterocycles. The van der Waals surface area contributed by atoms with E-state index in [-0.39, 0.29) is 30.0 Å². The second kappa shape index (κ2) is 8.93. The zero-order valence-corrected chi connectivity index (χ0v) is 19.5. The summed E-state index contributed by atoms with van der Waals surface area (Å²) in [6.45, 7) is 4.03. The standard InChI is InChI=1S/C26H25F3O3S/c1-14(2)24-20-8-7-15(26(27,28)29)13-23(20)33-22(24)12-11-21(30)18-6-4-5-16-17(18)9-10-19(16)25(31)32-3/h4-8,13-14,19H,9-12H2,1-3H3. The van der Waals surface area contributed by atoms with Gasteiger partial charge in [0.25, 0.3) is 0 Å². The van der Waals surface area contributed by atoms with E-state index < -0.39 is 11.7 Å². The van der Waals surface area contributed by atoms with E-state index in [0.717, 1.165) is 33.0 Å². The molecule has 1 aliphatic carbocycles. The fourth-order valence-corrected chi connectivity index (χ4v) is 6.23. The summed E-state index contributed by atoms with van der Waals surface area (Å²) >= 11 is 1.34. The number of rotatable bonds is 6. The monoisotopic (exact) mass is 474 g/mol. The Hall–Kier alpha value is -2.67. The minimum atomic E-state index is -4.39. The van der Waals surface area contributed by atoms with Crippen LogP contribution in [0.1, 0.15) is 76.0 Å². The van der Waals surface area contributed by atoms with Gasteiger partial charge in [0.15, 0.2) is 5.78 Å². The lowest BCUT2D eigenvalue weighted by molar-refractivity contribution is -0.142. The second-order valence-electron chi connectivity index (χ2n) is 8.71. The third kappa shape index (κ3) is 4.43. The summed E-state index contributed by atoms with van der Waals surface area (Å²) in [6.07, 6.45) is -2.38. The molecule has 33 heavy (non-hydrogen) atoms. The van der Waals surface area contributed by atoms with Crippen LogP contribution in [0.25, 0.3) is 10.1 Å². The highest BCUT2D eigenvalue weighted by Crippen LogP contribution is 2.41. The maximum Gasteiger partial charge on any atom is 0.416 e. The highest BCUT2D eigenvalue weighted by molar-refractivity contribution is 7.19. The van der Waals surface area contributed by atoms with Crippen molar-refractivity contribution in [2.24, 2.45) is 0 Å². The number of alkyl halides is 3. The minimum Gasteiger partial charge on any atom is -0.469 e. The van der Waals surface area contributed by atoms with Crippen molar-refractivity contribution in [2.45, 2.75) is 57.5 Å². The molecule has 3 aromatic rings. The Bertz CT molecular complexity index is 1220. The number of Topliss-reactive ketones (excluding diaryl/α,β-unsaturated/α-hetero) is 1. The number of ketones is 1. The lowest BCUT2D eigenvalue weighted by atomic mass is 9.93. The number of carbonyl (C=O) groups excluding carboxylic acids is 2. The summed E-state index contributed by atoms with van der Waals surface area (Å²) in [5.74, 6) is -0.512. The van der Waals surface area contributed by atoms with Gasteiger partial charge in [0, 0.05) is 21.6 Å². The molecule has 1 unspecified atom stereocenters. The maximum absolute atomic E-state index is 13.2. The van der Waals surface area contributed by atoms with Crippen LogP contribution in [-0.2, 0) is 28.5 Å². The van der Waals surface area contributed by atoms with Crippen LogP contribution in [0.2, 0.25) is 0 Å². The molecule has 1 heterocycles. The van der Waals surface area contributed by atoms with Gasteiger partial charge in [-0.05, 0) is 59.4 Å². The number of thiophene rings is 1. The fraction of sp³-hybridized carbons (Fsp3) is 0.385. The van der Waals surface area contributed by atoms with E-state index in [0.29, 0.717) is 29.5 Å². The number of fused-ring (bicyclic) bond motifs is 2. The van der Waals surface area contributed by atoms with E-state index in [1.807, 2.05) is 19.9 Å². The van der Waals surface area contributed by atoms with Crippen molar-refractivity contribution in [3.63, 3.8) is 0 Å². The zero-order chi connectivity index (χ0) is 23.9. The number of hydrogen-bond donors (Lipinski definition) is 0. The Morgan fingerprint density at radius 3 is 2.61 bits per heavy atom. The molecule has 0 bridgehead atoms. The SMILES string of the molecule is COC(=O)C1CCc2c(C(=O)CCc3sc4cc(C(F)(F)F)ccc4c3C(C)C)cccc21. The molecule has 1 atom stereocenters. The van der Waals surface area contributed by atoms with Crippen LogP contribution in [0.5, 0.6) is 0 Å². The van der Waals surface area contributed by atoms with E-state index in [1.165, 1.54) is 24.5 Å². The van der Waals surface area contributed by atoms with Crippen LogP contribution >= 0.6 is 11.3 Å². The molecule has 3 nitrogen and oxygen atoms in total. The molecule has 0 saturated carbocycles. The number of aryl methyl sites for hydroxylation is 1. The number of hydrogen-bond acceptors (Lipinski definition) is 4. The lowest BCUT2D eigenvalue weighted by Crippen LogP contribution is -2.11. The summed E-state index contributed by atoms with van der Waals surface area (Å²) in [7, 11) is 1.37. The summed E-state index contributed by atoms with van der Waals surface area (Å²) in [5, 5.41) is 0.826. The molecule has 2 aromatic carbocycles. The summed E-state index contributed by atoms with van der Waals surface area (Å²) in [5.41, 5.74) is 2.76. The van der Waals surface area contributed by atoms with E-state index in [1.54, 1.807) is 18.2 Å². The Morgan fingerprint density at radius 1 is 1.18 bits per heavy atom. The van der Waals surface area contributed by atoms with Crippen LogP contribution in [-0.4, -0.2) is 18.9 Å². The third-order valence-electron chi connectivity index (χ3n) is 6.35. The van der Waals surface area contributed by atoms with E-state index >= 15 is 0 Å². The summed E-state index contributed by atoms with van der Waals surface area (Å²) in [6, 6.07) is 9.35. The molecular formula is C26H25F3O3S. The zero-order valence-electron chi connectivity index (χ0n) is 18.7. The van der Waals surface area contributed by atoms with Crippen molar-refractivity contribution in [1.82, 2.24) is 0 Å². The molecule has 0 saturated heterocycles. The number of carbonyl (C=O) groups is 2. The molecule has 1 aliphatic rings. The van der Waals surface area contributed by atoms with E-state index in [4.69, 9.17) is 4.74 Å². The van der Waals surface area contributed by atoms with E-state index in [9.17, 15) is 22.8 Å². The molecule has 0 fully saturated rings. The Balaban J connectivity index is 1.60. The molecule has 4 rings (SSSR count). The van der Waals surface area contributed by atoms with Crippen LogP contribution in [0.3, 0.4) is 0 Å². The first kappa shape index (κ1) is 23.5. The van der Waals surface area contributed by atoms with Crippen molar-refractivity contribution < 1.29 is 27.5 Å². The van der Waals surface area contributed by atoms with Gasteiger partial charge in [0.05, 0.1) is 18.6 Å². The second-order valence-corrected chi connectivity index (χ2v) is 9.85. The smallest absolute Gasteiger partial charge is 0.416 e. The van der Waals surface area contributed by atoms with Crippen molar-refractivity contribution in [2.75, 3.05) is 7.11 Å². The topological polar surface area (TPSA) is 43.4 Å². The average molecular weight is 475 g/mol. The van der Waals surface area contributed by atoms with Crippen molar-refractivity contribution in [3.05, 3.63) is 69.1 Å². The number of methoxy groups -OCH3 is 1. The van der Waals surface area contributed by atoms with Crippen LogP contribution < -0.4 is 0 Å². The maximum atomic E-state index is 13.2. The Kier molecular flexibility index (Phi) is 6.36. The number of benzene rings is 2. The fourth-order valence-electron chi connectivity index (χ4n) is 4.83. The first-order valence-corrected chi connectivity index (χ1v) is 11.8. The van der Waals surface area contributed by atoms with Gasteiger partial charge >= 0.3 is 12.1 Å². The normalized spacial score (nSPS) is 15.8. The minimum absolute atomic E-state index is 0.0134. The Morgan fingerprint density at radius 2 is 1.94 bits per heavy atom. The summed E-state index contributed by atoms with van der Waals surface area (Å²) < 4.78 is 45.0. The molecule has 174 valence electrons. The summed E-state index contributed by atoms with van der Waals surface area (Å²) in [4.78, 5) is 26.2. The molecule has 0 spiro atoms. The van der Waals surface area contributed by atoms with Gasteiger partial charge in [0.1, 0.15) is 0 Å². The molecule has 0 aliphatic heterocycles. The lowest BCUT2D eigenvalue weighted by Gasteiger charge is -2.12.